The fraction of sp³-hybridized carbons (Fsp3) is 0.750. The third-order valence-corrected chi connectivity index (χ3v) is 3.53. The summed E-state index contributed by atoms with van der Waals surface area (Å²) in [6.45, 7) is 0.625. The van der Waals surface area contributed by atoms with Crippen LogP contribution >= 0.6 is 0 Å². The molecule has 3 nitrogen and oxygen atoms in total. The second-order valence-corrected chi connectivity index (χ2v) is 4.57. The summed E-state index contributed by atoms with van der Waals surface area (Å²) >= 11 is 0. The lowest BCUT2D eigenvalue weighted by atomic mass is 9.94. The molecule has 0 unspecified atom stereocenters. The molecule has 0 atom stereocenters. The van der Waals surface area contributed by atoms with Crippen molar-refractivity contribution >= 4 is 0 Å². The van der Waals surface area contributed by atoms with Crippen LogP contribution in [0.25, 0.3) is 0 Å². The number of nitrogens with two attached hydrogens (primary N) is 1. The predicted molar refractivity (Wildman–Crippen MR) is 61.5 cm³/mol. The molecule has 1 fully saturated rings. The number of nitrogens with zero attached hydrogens (tertiary/aromatic N) is 2. The monoisotopic (exact) mass is 207 g/mol. The molecule has 3 heteroatoms. The first-order valence-corrected chi connectivity index (χ1v) is 6.03. The minimum atomic E-state index is 0.625. The highest BCUT2D eigenvalue weighted by Crippen LogP contribution is 2.32. The molecule has 0 aromatic carbocycles. The van der Waals surface area contributed by atoms with Gasteiger partial charge in [0.05, 0.1) is 6.20 Å². The van der Waals surface area contributed by atoms with Gasteiger partial charge < -0.3 is 5.73 Å². The summed E-state index contributed by atoms with van der Waals surface area (Å²) in [5, 5.41) is 4.33. The first-order valence-electron chi connectivity index (χ1n) is 6.03. The lowest BCUT2D eigenvalue weighted by Gasteiger charge is -2.16. The number of aromatic nitrogens is 2. The summed E-state index contributed by atoms with van der Waals surface area (Å²) in [6.07, 6.45) is 10.1. The van der Waals surface area contributed by atoms with Gasteiger partial charge in [0.25, 0.3) is 0 Å². The van der Waals surface area contributed by atoms with Gasteiger partial charge in [0, 0.05) is 30.8 Å². The first kappa shape index (κ1) is 10.7. The zero-order chi connectivity index (χ0) is 10.7. The van der Waals surface area contributed by atoms with E-state index >= 15 is 0 Å². The number of rotatable bonds is 2. The quantitative estimate of drug-likeness (QED) is 0.756. The molecule has 0 saturated heterocycles. The van der Waals surface area contributed by atoms with E-state index in [9.17, 15) is 0 Å². The van der Waals surface area contributed by atoms with Crippen molar-refractivity contribution in [2.75, 3.05) is 0 Å². The minimum Gasteiger partial charge on any atom is -0.326 e. The molecule has 15 heavy (non-hydrogen) atoms. The molecule has 0 amide bonds. The van der Waals surface area contributed by atoms with Crippen molar-refractivity contribution < 1.29 is 0 Å². The highest BCUT2D eigenvalue weighted by molar-refractivity contribution is 5.21. The molecule has 1 saturated carbocycles. The molecule has 0 aliphatic heterocycles. The average Bonchev–Trinajstić information content (AvgIpc) is 2.48. The van der Waals surface area contributed by atoms with E-state index in [0.717, 1.165) is 0 Å². The normalized spacial score (nSPS) is 19.1. The maximum Gasteiger partial charge on any atom is 0.0537 e. The van der Waals surface area contributed by atoms with Crippen LogP contribution in [0.2, 0.25) is 0 Å². The Morgan fingerprint density at radius 1 is 1.33 bits per heavy atom. The first-order chi connectivity index (χ1) is 7.33. The summed E-state index contributed by atoms with van der Waals surface area (Å²) in [5.41, 5.74) is 8.38. The minimum absolute atomic E-state index is 0.625. The molecule has 1 aliphatic rings. The Morgan fingerprint density at radius 3 is 2.60 bits per heavy atom. The molecule has 0 bridgehead atoms. The van der Waals surface area contributed by atoms with Crippen molar-refractivity contribution in [3.63, 3.8) is 0 Å². The van der Waals surface area contributed by atoms with Crippen molar-refractivity contribution in [1.82, 2.24) is 9.78 Å². The van der Waals surface area contributed by atoms with Gasteiger partial charge in [-0.1, -0.05) is 25.7 Å². The van der Waals surface area contributed by atoms with Gasteiger partial charge in [-0.2, -0.15) is 5.10 Å². The van der Waals surface area contributed by atoms with Crippen molar-refractivity contribution in [2.45, 2.75) is 51.0 Å². The van der Waals surface area contributed by atoms with Crippen LogP contribution in [0.1, 0.15) is 55.7 Å². The van der Waals surface area contributed by atoms with Crippen LogP contribution in [-0.4, -0.2) is 9.78 Å². The Morgan fingerprint density at radius 2 is 2.00 bits per heavy atom. The number of aryl methyl sites for hydroxylation is 1. The van der Waals surface area contributed by atoms with Crippen molar-refractivity contribution in [3.05, 3.63) is 17.5 Å². The summed E-state index contributed by atoms with van der Waals surface area (Å²) in [4.78, 5) is 0. The third-order valence-electron chi connectivity index (χ3n) is 3.53. The van der Waals surface area contributed by atoms with Gasteiger partial charge in [-0.3, -0.25) is 4.68 Å². The Kier molecular flexibility index (Phi) is 3.41. The SMILES string of the molecule is Cn1ncc(CN)c1C1CCCCCC1. The van der Waals surface area contributed by atoms with Crippen LogP contribution < -0.4 is 5.73 Å². The molecule has 0 spiro atoms. The number of hydrogen-bond donors (Lipinski definition) is 1. The van der Waals surface area contributed by atoms with E-state index in [2.05, 4.69) is 5.10 Å². The Labute approximate surface area is 91.7 Å². The van der Waals surface area contributed by atoms with Crippen LogP contribution in [-0.2, 0) is 13.6 Å². The van der Waals surface area contributed by atoms with Gasteiger partial charge in [-0.15, -0.1) is 0 Å². The molecule has 1 aromatic rings. The van der Waals surface area contributed by atoms with Crippen LogP contribution in [0, 0.1) is 0 Å². The zero-order valence-corrected chi connectivity index (χ0v) is 9.58. The molecule has 2 N–H and O–H groups in total. The molecule has 1 aromatic heterocycles. The van der Waals surface area contributed by atoms with E-state index in [1.807, 2.05) is 17.9 Å². The maximum atomic E-state index is 5.76. The standard InChI is InChI=1S/C12H21N3/c1-15-12(11(8-13)9-14-15)10-6-4-2-3-5-7-10/h9-10H,2-8,13H2,1H3. The molecular weight excluding hydrogens is 186 g/mol. The molecule has 1 heterocycles. The lowest BCUT2D eigenvalue weighted by molar-refractivity contribution is 0.537. The predicted octanol–water partition coefficient (Wildman–Crippen LogP) is 2.32. The number of hydrogen-bond acceptors (Lipinski definition) is 2. The summed E-state index contributed by atoms with van der Waals surface area (Å²) in [6, 6.07) is 0. The van der Waals surface area contributed by atoms with E-state index in [4.69, 9.17) is 5.73 Å². The molecular formula is C12H21N3. The van der Waals surface area contributed by atoms with Crippen LogP contribution in [0.3, 0.4) is 0 Å². The molecule has 84 valence electrons. The van der Waals surface area contributed by atoms with E-state index in [0.29, 0.717) is 12.5 Å². The largest absolute Gasteiger partial charge is 0.326 e. The molecule has 0 radical (unpaired) electrons. The van der Waals surface area contributed by atoms with Crippen molar-refractivity contribution in [3.8, 4) is 0 Å². The Balaban J connectivity index is 2.21. The van der Waals surface area contributed by atoms with E-state index in [-0.39, 0.29) is 0 Å². The van der Waals surface area contributed by atoms with Gasteiger partial charge in [0.1, 0.15) is 0 Å². The molecule has 1 aliphatic carbocycles. The van der Waals surface area contributed by atoms with Gasteiger partial charge >= 0.3 is 0 Å². The van der Waals surface area contributed by atoms with Crippen LogP contribution in [0.4, 0.5) is 0 Å². The van der Waals surface area contributed by atoms with E-state index < -0.39 is 0 Å². The lowest BCUT2D eigenvalue weighted by Crippen LogP contribution is -2.09. The van der Waals surface area contributed by atoms with Gasteiger partial charge in [-0.25, -0.2) is 0 Å². The topological polar surface area (TPSA) is 43.8 Å². The smallest absolute Gasteiger partial charge is 0.0537 e. The summed E-state index contributed by atoms with van der Waals surface area (Å²) in [7, 11) is 2.04. The van der Waals surface area contributed by atoms with E-state index in [1.54, 1.807) is 0 Å². The third kappa shape index (κ3) is 2.23. The fourth-order valence-corrected chi connectivity index (χ4v) is 2.73. The van der Waals surface area contributed by atoms with Crippen molar-refractivity contribution in [2.24, 2.45) is 12.8 Å². The second kappa shape index (κ2) is 4.79. The average molecular weight is 207 g/mol. The second-order valence-electron chi connectivity index (χ2n) is 4.57. The highest BCUT2D eigenvalue weighted by atomic mass is 15.3. The zero-order valence-electron chi connectivity index (χ0n) is 9.58. The Hall–Kier alpha value is -0.830. The van der Waals surface area contributed by atoms with Gasteiger partial charge in [-0.05, 0) is 12.8 Å². The van der Waals surface area contributed by atoms with Crippen molar-refractivity contribution in [1.29, 1.82) is 0 Å². The van der Waals surface area contributed by atoms with Crippen LogP contribution in [0.5, 0.6) is 0 Å². The fourth-order valence-electron chi connectivity index (χ4n) is 2.73. The van der Waals surface area contributed by atoms with Crippen LogP contribution in [0.15, 0.2) is 6.20 Å². The van der Waals surface area contributed by atoms with Gasteiger partial charge in [0.15, 0.2) is 0 Å². The van der Waals surface area contributed by atoms with Gasteiger partial charge in [0.2, 0.25) is 0 Å². The molecule has 2 rings (SSSR count). The van der Waals surface area contributed by atoms with E-state index in [1.165, 1.54) is 49.8 Å². The maximum absolute atomic E-state index is 5.76. The highest BCUT2D eigenvalue weighted by Gasteiger charge is 2.20. The Bertz CT molecular complexity index is 309. The summed E-state index contributed by atoms with van der Waals surface area (Å²) in [5.74, 6) is 0.693. The summed E-state index contributed by atoms with van der Waals surface area (Å²) < 4.78 is 2.03.